The van der Waals surface area contributed by atoms with Crippen molar-refractivity contribution in [1.29, 1.82) is 0 Å². The van der Waals surface area contributed by atoms with Gasteiger partial charge in [-0.15, -0.1) is 0 Å². The lowest BCUT2D eigenvalue weighted by atomic mass is 10.3. The van der Waals surface area contributed by atoms with E-state index in [1.54, 1.807) is 36.9 Å². The lowest BCUT2D eigenvalue weighted by Crippen LogP contribution is -2.33. The fourth-order valence-electron chi connectivity index (χ4n) is 3.54. The van der Waals surface area contributed by atoms with Crippen LogP contribution in [0.1, 0.15) is 32.5 Å². The number of rotatable bonds is 10. The quantitative estimate of drug-likeness (QED) is 0.494. The largest absolute Gasteiger partial charge is 0.497 e. The molecule has 0 aliphatic carbocycles. The Hall–Kier alpha value is -3.40. The molecule has 32 heavy (non-hydrogen) atoms. The Labute approximate surface area is 185 Å². The van der Waals surface area contributed by atoms with Gasteiger partial charge in [0.15, 0.2) is 11.2 Å². The predicted octanol–water partition coefficient (Wildman–Crippen LogP) is 1.69. The number of unbranched alkanes of at least 4 members (excludes halogenated alkanes) is 1. The van der Waals surface area contributed by atoms with Crippen LogP contribution in [0, 0.1) is 0 Å². The van der Waals surface area contributed by atoms with Crippen LogP contribution in [0.5, 0.6) is 5.75 Å². The van der Waals surface area contributed by atoms with Crippen LogP contribution >= 0.6 is 0 Å². The number of hydrogen-bond acceptors (Lipinski definition) is 6. The number of hydrogen-bond donors (Lipinski definition) is 2. The van der Waals surface area contributed by atoms with Crippen molar-refractivity contribution in [2.45, 2.75) is 39.8 Å². The molecule has 172 valence electrons. The molecule has 0 radical (unpaired) electrons. The van der Waals surface area contributed by atoms with E-state index in [1.165, 1.54) is 4.57 Å². The van der Waals surface area contributed by atoms with Gasteiger partial charge < -0.3 is 14.6 Å². The molecule has 0 aliphatic rings. The number of H-pyrrole nitrogens is 1. The zero-order valence-corrected chi connectivity index (χ0v) is 19.0. The minimum absolute atomic E-state index is 0.149. The minimum Gasteiger partial charge on any atom is -0.497 e. The molecule has 0 saturated heterocycles. The van der Waals surface area contributed by atoms with Gasteiger partial charge in [-0.3, -0.25) is 24.0 Å². The van der Waals surface area contributed by atoms with Gasteiger partial charge in [-0.1, -0.05) is 26.3 Å². The summed E-state index contributed by atoms with van der Waals surface area (Å²) in [7, 11) is 3.32. The number of carbonyl (C=O) groups excluding carboxylic acids is 1. The van der Waals surface area contributed by atoms with E-state index in [0.717, 1.165) is 12.8 Å². The molecule has 10 heteroatoms. The smallest absolute Gasteiger partial charge is 0.330 e. The van der Waals surface area contributed by atoms with Gasteiger partial charge in [-0.05, 0) is 25.1 Å². The van der Waals surface area contributed by atoms with Crippen molar-refractivity contribution in [3.8, 4) is 5.75 Å². The topological polar surface area (TPSA) is 114 Å². The first-order valence-corrected chi connectivity index (χ1v) is 10.7. The number of anilines is 1. The van der Waals surface area contributed by atoms with E-state index >= 15 is 0 Å². The number of imidazole rings is 1. The molecule has 2 heterocycles. The molecular formula is C22H30N6O4. The van der Waals surface area contributed by atoms with E-state index in [9.17, 15) is 14.4 Å². The van der Waals surface area contributed by atoms with Crippen molar-refractivity contribution in [2.24, 2.45) is 7.05 Å². The standard InChI is InChI=1S/C22H30N6O4/c1-5-7-11-28-20-19(21(30)25-22(28)31)26(3)17(24-20)13-27(6-2)14-18(29)23-15-9-8-10-16(12-15)32-4/h8-10,12H,5-7,11,13-14H2,1-4H3,(H,23,29)(H,25,30,31). The Bertz CT molecular complexity index is 1210. The fourth-order valence-corrected chi connectivity index (χ4v) is 3.54. The van der Waals surface area contributed by atoms with E-state index in [0.29, 0.717) is 48.1 Å². The van der Waals surface area contributed by atoms with E-state index in [1.807, 2.05) is 24.8 Å². The summed E-state index contributed by atoms with van der Waals surface area (Å²) in [6, 6.07) is 7.16. The van der Waals surface area contributed by atoms with Gasteiger partial charge in [0.1, 0.15) is 11.6 Å². The molecule has 3 aromatic rings. The molecule has 1 amide bonds. The predicted molar refractivity (Wildman–Crippen MR) is 123 cm³/mol. The number of amides is 1. The van der Waals surface area contributed by atoms with Crippen molar-refractivity contribution < 1.29 is 9.53 Å². The van der Waals surface area contributed by atoms with Crippen molar-refractivity contribution in [1.82, 2.24) is 24.0 Å². The second kappa shape index (κ2) is 10.3. The molecule has 2 N–H and O–H groups in total. The van der Waals surface area contributed by atoms with Gasteiger partial charge in [-0.2, -0.15) is 0 Å². The highest BCUT2D eigenvalue weighted by Gasteiger charge is 2.19. The number of aromatic nitrogens is 4. The van der Waals surface area contributed by atoms with E-state index in [2.05, 4.69) is 15.3 Å². The molecule has 0 aliphatic heterocycles. The monoisotopic (exact) mass is 442 g/mol. The van der Waals surface area contributed by atoms with Crippen LogP contribution in [-0.4, -0.2) is 50.1 Å². The van der Waals surface area contributed by atoms with E-state index in [-0.39, 0.29) is 12.5 Å². The Morgan fingerprint density at radius 1 is 1.28 bits per heavy atom. The van der Waals surface area contributed by atoms with Crippen LogP contribution in [0.4, 0.5) is 5.69 Å². The average molecular weight is 443 g/mol. The number of aryl methyl sites for hydroxylation is 2. The fraction of sp³-hybridized carbons (Fsp3) is 0.455. The maximum atomic E-state index is 12.6. The summed E-state index contributed by atoms with van der Waals surface area (Å²) in [4.78, 5) is 46.2. The highest BCUT2D eigenvalue weighted by Crippen LogP contribution is 2.17. The highest BCUT2D eigenvalue weighted by atomic mass is 16.5. The van der Waals surface area contributed by atoms with Crippen LogP contribution in [-0.2, 0) is 24.9 Å². The Kier molecular flexibility index (Phi) is 7.47. The molecule has 0 saturated carbocycles. The van der Waals surface area contributed by atoms with Gasteiger partial charge >= 0.3 is 5.69 Å². The SMILES string of the molecule is CCCCn1c(=O)[nH]c(=O)c2c1nc(CN(CC)CC(=O)Nc1cccc(OC)c1)n2C. The molecule has 0 spiro atoms. The second-order valence-corrected chi connectivity index (χ2v) is 7.61. The van der Waals surface area contributed by atoms with Gasteiger partial charge in [0, 0.05) is 25.3 Å². The van der Waals surface area contributed by atoms with E-state index in [4.69, 9.17) is 4.74 Å². The highest BCUT2D eigenvalue weighted by molar-refractivity contribution is 5.92. The molecule has 0 bridgehead atoms. The maximum Gasteiger partial charge on any atom is 0.330 e. The van der Waals surface area contributed by atoms with Crippen molar-refractivity contribution in [2.75, 3.05) is 25.5 Å². The molecule has 1 aromatic carbocycles. The number of aromatic amines is 1. The minimum atomic E-state index is -0.460. The summed E-state index contributed by atoms with van der Waals surface area (Å²) < 4.78 is 8.39. The first-order valence-electron chi connectivity index (χ1n) is 10.7. The lowest BCUT2D eigenvalue weighted by molar-refractivity contribution is -0.117. The number of carbonyl (C=O) groups is 1. The number of likely N-dealkylation sites (N-methyl/N-ethyl adjacent to an activating group) is 1. The van der Waals surface area contributed by atoms with Gasteiger partial charge in [0.05, 0.1) is 20.2 Å². The van der Waals surface area contributed by atoms with Crippen LogP contribution in [0.2, 0.25) is 0 Å². The van der Waals surface area contributed by atoms with Crippen molar-refractivity contribution in [3.05, 3.63) is 50.9 Å². The molecule has 0 unspecified atom stereocenters. The molecule has 0 atom stereocenters. The summed E-state index contributed by atoms with van der Waals surface area (Å²) >= 11 is 0. The molecular weight excluding hydrogens is 412 g/mol. The number of ether oxygens (including phenoxy) is 1. The normalized spacial score (nSPS) is 11.3. The summed E-state index contributed by atoms with van der Waals surface area (Å²) in [5.41, 5.74) is 0.470. The third-order valence-electron chi connectivity index (χ3n) is 5.37. The Morgan fingerprint density at radius 3 is 2.75 bits per heavy atom. The van der Waals surface area contributed by atoms with E-state index < -0.39 is 11.2 Å². The first-order chi connectivity index (χ1) is 15.4. The lowest BCUT2D eigenvalue weighted by Gasteiger charge is -2.19. The Balaban J connectivity index is 1.81. The third-order valence-corrected chi connectivity index (χ3v) is 5.37. The molecule has 2 aromatic heterocycles. The number of nitrogens with zero attached hydrogens (tertiary/aromatic N) is 4. The molecule has 0 fully saturated rings. The van der Waals surface area contributed by atoms with Crippen LogP contribution in [0.15, 0.2) is 33.9 Å². The second-order valence-electron chi connectivity index (χ2n) is 7.61. The summed E-state index contributed by atoms with van der Waals surface area (Å²) in [5.74, 6) is 1.10. The van der Waals surface area contributed by atoms with Gasteiger partial charge in [0.2, 0.25) is 5.91 Å². The zero-order valence-electron chi connectivity index (χ0n) is 19.0. The number of benzene rings is 1. The van der Waals surface area contributed by atoms with Crippen LogP contribution in [0.3, 0.4) is 0 Å². The van der Waals surface area contributed by atoms with Gasteiger partial charge in [0.25, 0.3) is 5.56 Å². The molecule has 10 nitrogen and oxygen atoms in total. The summed E-state index contributed by atoms with van der Waals surface area (Å²) in [6.45, 7) is 5.58. The van der Waals surface area contributed by atoms with Crippen LogP contribution < -0.4 is 21.3 Å². The Morgan fingerprint density at radius 2 is 2.06 bits per heavy atom. The number of methoxy groups -OCH3 is 1. The van der Waals surface area contributed by atoms with Gasteiger partial charge in [-0.25, -0.2) is 9.78 Å². The summed E-state index contributed by atoms with van der Waals surface area (Å²) in [6.07, 6.45) is 1.72. The zero-order chi connectivity index (χ0) is 23.3. The average Bonchev–Trinajstić information content (AvgIpc) is 3.09. The van der Waals surface area contributed by atoms with Crippen molar-refractivity contribution in [3.63, 3.8) is 0 Å². The molecule has 3 rings (SSSR count). The number of nitrogens with one attached hydrogen (secondary N) is 2. The number of fused-ring (bicyclic) bond motifs is 1. The van der Waals surface area contributed by atoms with Crippen molar-refractivity contribution >= 4 is 22.8 Å². The third kappa shape index (κ3) is 5.08. The van der Waals surface area contributed by atoms with Crippen LogP contribution in [0.25, 0.3) is 11.2 Å². The maximum absolute atomic E-state index is 12.6. The summed E-state index contributed by atoms with van der Waals surface area (Å²) in [5, 5.41) is 2.87. The first kappa shape index (κ1) is 23.3.